The Morgan fingerprint density at radius 3 is 2.70 bits per heavy atom. The van der Waals surface area contributed by atoms with Crippen molar-refractivity contribution in [3.05, 3.63) is 12.4 Å². The fourth-order valence-electron chi connectivity index (χ4n) is 2.26. The zero-order chi connectivity index (χ0) is 14.6. The van der Waals surface area contributed by atoms with Crippen LogP contribution < -0.4 is 10.0 Å². The fourth-order valence-corrected chi connectivity index (χ4v) is 3.24. The third-order valence-corrected chi connectivity index (χ3v) is 4.82. The Kier molecular flexibility index (Phi) is 4.90. The molecule has 1 aliphatic rings. The molecule has 1 aliphatic heterocycles. The molecule has 7 nitrogen and oxygen atoms in total. The molecule has 1 saturated heterocycles. The molecule has 0 aliphatic carbocycles. The van der Waals surface area contributed by atoms with Crippen LogP contribution in [0.1, 0.15) is 19.8 Å². The third-order valence-electron chi connectivity index (χ3n) is 3.45. The molecule has 8 heteroatoms. The van der Waals surface area contributed by atoms with Crippen molar-refractivity contribution in [3.63, 3.8) is 0 Å². The highest BCUT2D eigenvalue weighted by Crippen LogP contribution is 2.23. The quantitative estimate of drug-likeness (QED) is 0.799. The molecule has 20 heavy (non-hydrogen) atoms. The van der Waals surface area contributed by atoms with Crippen LogP contribution in [0.5, 0.6) is 0 Å². The van der Waals surface area contributed by atoms with Crippen molar-refractivity contribution < 1.29 is 13.2 Å². The number of nitrogens with one attached hydrogen (secondary N) is 2. The van der Waals surface area contributed by atoms with Crippen LogP contribution in [0.3, 0.4) is 0 Å². The molecule has 0 aromatic carbocycles. The SMILES string of the molecule is CCC1OCCC1CNS(=O)(=O)c1cnc(NC)nc1. The first-order chi connectivity index (χ1) is 9.56. The van der Waals surface area contributed by atoms with E-state index >= 15 is 0 Å². The predicted molar refractivity (Wildman–Crippen MR) is 74.9 cm³/mol. The van der Waals surface area contributed by atoms with Crippen LogP contribution in [0.15, 0.2) is 17.3 Å². The number of aromatic nitrogens is 2. The lowest BCUT2D eigenvalue weighted by atomic mass is 10.0. The lowest BCUT2D eigenvalue weighted by Gasteiger charge is -2.17. The van der Waals surface area contributed by atoms with Gasteiger partial charge in [0.25, 0.3) is 0 Å². The van der Waals surface area contributed by atoms with Gasteiger partial charge in [-0.2, -0.15) is 0 Å². The van der Waals surface area contributed by atoms with Gasteiger partial charge in [-0.15, -0.1) is 0 Å². The Hall–Kier alpha value is -1.25. The molecular formula is C12H20N4O3S. The van der Waals surface area contributed by atoms with Gasteiger partial charge in [-0.05, 0) is 12.8 Å². The molecular weight excluding hydrogens is 280 g/mol. The summed E-state index contributed by atoms with van der Waals surface area (Å²) in [5.41, 5.74) is 0. The van der Waals surface area contributed by atoms with Crippen molar-refractivity contribution in [3.8, 4) is 0 Å². The summed E-state index contributed by atoms with van der Waals surface area (Å²) < 4.78 is 32.4. The Balaban J connectivity index is 1.99. The van der Waals surface area contributed by atoms with Crippen molar-refractivity contribution in [2.24, 2.45) is 5.92 Å². The van der Waals surface area contributed by atoms with E-state index in [1.54, 1.807) is 7.05 Å². The van der Waals surface area contributed by atoms with Crippen molar-refractivity contribution >= 4 is 16.0 Å². The van der Waals surface area contributed by atoms with Gasteiger partial charge in [0, 0.05) is 26.1 Å². The van der Waals surface area contributed by atoms with Crippen LogP contribution in [0.25, 0.3) is 0 Å². The maximum absolute atomic E-state index is 12.1. The zero-order valence-electron chi connectivity index (χ0n) is 11.7. The molecule has 0 spiro atoms. The van der Waals surface area contributed by atoms with Crippen molar-refractivity contribution in [2.75, 3.05) is 25.5 Å². The number of hydrogen-bond acceptors (Lipinski definition) is 6. The van der Waals surface area contributed by atoms with E-state index in [1.807, 2.05) is 6.92 Å². The minimum absolute atomic E-state index is 0.0727. The average Bonchev–Trinajstić information content (AvgIpc) is 2.93. The lowest BCUT2D eigenvalue weighted by Crippen LogP contribution is -2.32. The lowest BCUT2D eigenvalue weighted by molar-refractivity contribution is 0.0884. The highest BCUT2D eigenvalue weighted by Gasteiger charge is 2.28. The number of anilines is 1. The Labute approximate surface area is 119 Å². The van der Waals surface area contributed by atoms with E-state index < -0.39 is 10.0 Å². The molecule has 2 rings (SSSR count). The summed E-state index contributed by atoms with van der Waals surface area (Å²) in [5.74, 6) is 0.617. The largest absolute Gasteiger partial charge is 0.378 e. The average molecular weight is 300 g/mol. The van der Waals surface area contributed by atoms with Gasteiger partial charge in [0.05, 0.1) is 18.5 Å². The van der Waals surface area contributed by atoms with Gasteiger partial charge in [0.15, 0.2) is 0 Å². The van der Waals surface area contributed by atoms with E-state index in [-0.39, 0.29) is 16.9 Å². The number of rotatable bonds is 6. The summed E-state index contributed by atoms with van der Waals surface area (Å²) in [5, 5.41) is 2.74. The molecule has 0 amide bonds. The summed E-state index contributed by atoms with van der Waals surface area (Å²) in [4.78, 5) is 7.89. The van der Waals surface area contributed by atoms with Gasteiger partial charge in [-0.3, -0.25) is 0 Å². The fraction of sp³-hybridized carbons (Fsp3) is 0.667. The van der Waals surface area contributed by atoms with E-state index in [0.717, 1.165) is 12.8 Å². The van der Waals surface area contributed by atoms with Gasteiger partial charge >= 0.3 is 0 Å². The van der Waals surface area contributed by atoms with Crippen LogP contribution in [0, 0.1) is 5.92 Å². The van der Waals surface area contributed by atoms with Crippen LogP contribution >= 0.6 is 0 Å². The smallest absolute Gasteiger partial charge is 0.243 e. The molecule has 1 fully saturated rings. The molecule has 1 aromatic heterocycles. The van der Waals surface area contributed by atoms with E-state index in [1.165, 1.54) is 12.4 Å². The van der Waals surface area contributed by atoms with E-state index in [4.69, 9.17) is 4.74 Å². The zero-order valence-corrected chi connectivity index (χ0v) is 12.5. The molecule has 2 heterocycles. The van der Waals surface area contributed by atoms with Gasteiger partial charge in [0.1, 0.15) is 4.90 Å². The first-order valence-electron chi connectivity index (χ1n) is 6.68. The van der Waals surface area contributed by atoms with E-state index in [0.29, 0.717) is 19.1 Å². The molecule has 0 saturated carbocycles. The number of hydrogen-bond donors (Lipinski definition) is 2. The second-order valence-electron chi connectivity index (χ2n) is 4.71. The van der Waals surface area contributed by atoms with Crippen LogP contribution in [0.2, 0.25) is 0 Å². The second-order valence-corrected chi connectivity index (χ2v) is 6.48. The summed E-state index contributed by atoms with van der Waals surface area (Å²) in [6.07, 6.45) is 4.51. The minimum atomic E-state index is -3.56. The topological polar surface area (TPSA) is 93.2 Å². The molecule has 0 bridgehead atoms. The summed E-state index contributed by atoms with van der Waals surface area (Å²) in [6.45, 7) is 3.13. The number of nitrogens with zero attached hydrogens (tertiary/aromatic N) is 2. The second kappa shape index (κ2) is 6.47. The molecule has 0 radical (unpaired) electrons. The Morgan fingerprint density at radius 2 is 2.10 bits per heavy atom. The van der Waals surface area contributed by atoms with Gasteiger partial charge in [-0.25, -0.2) is 23.1 Å². The number of ether oxygens (including phenoxy) is 1. The maximum Gasteiger partial charge on any atom is 0.243 e. The molecule has 2 N–H and O–H groups in total. The van der Waals surface area contributed by atoms with Crippen LogP contribution in [0.4, 0.5) is 5.95 Å². The Bertz CT molecular complexity index is 532. The molecule has 2 atom stereocenters. The van der Waals surface area contributed by atoms with Crippen LogP contribution in [-0.4, -0.2) is 44.7 Å². The molecule has 2 unspecified atom stereocenters. The Morgan fingerprint density at radius 1 is 1.40 bits per heavy atom. The van der Waals surface area contributed by atoms with E-state index in [2.05, 4.69) is 20.0 Å². The standard InChI is InChI=1S/C12H20N4O3S/c1-3-11-9(4-5-19-11)6-16-20(17,18)10-7-14-12(13-2)15-8-10/h7-9,11,16H,3-6H2,1-2H3,(H,13,14,15). The van der Waals surface area contributed by atoms with Crippen molar-refractivity contribution in [1.82, 2.24) is 14.7 Å². The summed E-state index contributed by atoms with van der Waals surface area (Å²) in [7, 11) is -1.89. The summed E-state index contributed by atoms with van der Waals surface area (Å²) in [6, 6.07) is 0. The minimum Gasteiger partial charge on any atom is -0.378 e. The first kappa shape index (κ1) is 15.1. The van der Waals surface area contributed by atoms with Gasteiger partial charge in [0.2, 0.25) is 16.0 Å². The third kappa shape index (κ3) is 3.44. The molecule has 112 valence electrons. The maximum atomic E-state index is 12.1. The monoisotopic (exact) mass is 300 g/mol. The van der Waals surface area contributed by atoms with E-state index in [9.17, 15) is 8.42 Å². The van der Waals surface area contributed by atoms with Crippen LogP contribution in [-0.2, 0) is 14.8 Å². The van der Waals surface area contributed by atoms with Gasteiger partial charge < -0.3 is 10.1 Å². The highest BCUT2D eigenvalue weighted by molar-refractivity contribution is 7.89. The highest BCUT2D eigenvalue weighted by atomic mass is 32.2. The first-order valence-corrected chi connectivity index (χ1v) is 8.16. The number of sulfonamides is 1. The summed E-state index contributed by atoms with van der Waals surface area (Å²) >= 11 is 0. The molecule has 1 aromatic rings. The predicted octanol–water partition coefficient (Wildman–Crippen LogP) is 0.612. The van der Waals surface area contributed by atoms with Crippen molar-refractivity contribution in [1.29, 1.82) is 0 Å². The van der Waals surface area contributed by atoms with Gasteiger partial charge in [-0.1, -0.05) is 6.92 Å². The normalized spacial score (nSPS) is 22.9. The van der Waals surface area contributed by atoms with Crippen molar-refractivity contribution in [2.45, 2.75) is 30.8 Å².